The largest absolute Gasteiger partial charge is 0.485 e. The number of halogens is 3. The second-order valence-corrected chi connectivity index (χ2v) is 6.62. The molecule has 20 heavy (non-hydrogen) atoms. The topological polar surface area (TPSA) is 35.2 Å². The fourth-order valence-corrected chi connectivity index (χ4v) is 3.36. The Kier molecular flexibility index (Phi) is 3.95. The lowest BCUT2D eigenvalue weighted by Crippen LogP contribution is -2.24. The van der Waals surface area contributed by atoms with Crippen molar-refractivity contribution >= 4 is 39.1 Å². The van der Waals surface area contributed by atoms with Gasteiger partial charge in [-0.05, 0) is 42.0 Å². The molecule has 2 nitrogen and oxygen atoms in total. The molecule has 1 aliphatic heterocycles. The molecule has 0 saturated heterocycles. The summed E-state index contributed by atoms with van der Waals surface area (Å²) in [6.45, 7) is 0. The van der Waals surface area contributed by atoms with Crippen LogP contribution in [0.4, 0.5) is 0 Å². The van der Waals surface area contributed by atoms with Crippen molar-refractivity contribution in [3.05, 3.63) is 62.0 Å². The summed E-state index contributed by atoms with van der Waals surface area (Å²) in [5, 5.41) is 1.21. The predicted molar refractivity (Wildman–Crippen MR) is 85.5 cm³/mol. The van der Waals surface area contributed by atoms with Crippen molar-refractivity contribution in [1.29, 1.82) is 0 Å². The van der Waals surface area contributed by atoms with Crippen LogP contribution in [0.3, 0.4) is 0 Å². The molecule has 0 amide bonds. The van der Waals surface area contributed by atoms with Gasteiger partial charge in [-0.15, -0.1) is 0 Å². The Bertz CT molecular complexity index is 642. The van der Waals surface area contributed by atoms with E-state index in [-0.39, 0.29) is 12.1 Å². The maximum Gasteiger partial charge on any atom is 0.126 e. The van der Waals surface area contributed by atoms with Gasteiger partial charge in [0.15, 0.2) is 0 Å². The zero-order valence-corrected chi connectivity index (χ0v) is 13.5. The number of hydrogen-bond donors (Lipinski definition) is 1. The highest BCUT2D eigenvalue weighted by molar-refractivity contribution is 9.10. The van der Waals surface area contributed by atoms with Gasteiger partial charge in [0, 0.05) is 32.5 Å². The summed E-state index contributed by atoms with van der Waals surface area (Å²) >= 11 is 15.5. The molecule has 2 N–H and O–H groups in total. The van der Waals surface area contributed by atoms with Crippen LogP contribution in [0, 0.1) is 0 Å². The first-order valence-electron chi connectivity index (χ1n) is 6.20. The number of benzene rings is 2. The molecule has 1 aliphatic rings. The van der Waals surface area contributed by atoms with Crippen LogP contribution in [0.5, 0.6) is 5.75 Å². The van der Waals surface area contributed by atoms with E-state index in [1.54, 1.807) is 6.07 Å². The summed E-state index contributed by atoms with van der Waals surface area (Å²) in [6, 6.07) is 11.3. The van der Waals surface area contributed by atoms with Crippen LogP contribution < -0.4 is 10.5 Å². The Morgan fingerprint density at radius 3 is 2.50 bits per heavy atom. The lowest BCUT2D eigenvalue weighted by Gasteiger charge is -2.31. The maximum atomic E-state index is 6.25. The van der Waals surface area contributed by atoms with Crippen LogP contribution in [0.1, 0.15) is 29.7 Å². The minimum absolute atomic E-state index is 0.0704. The Labute approximate surface area is 136 Å². The van der Waals surface area contributed by atoms with Crippen LogP contribution in [0.25, 0.3) is 0 Å². The molecule has 0 aliphatic carbocycles. The van der Waals surface area contributed by atoms with E-state index in [2.05, 4.69) is 15.9 Å². The van der Waals surface area contributed by atoms with E-state index in [0.717, 1.165) is 21.3 Å². The number of hydrogen-bond acceptors (Lipinski definition) is 2. The van der Waals surface area contributed by atoms with Gasteiger partial charge in [-0.3, -0.25) is 0 Å². The van der Waals surface area contributed by atoms with Gasteiger partial charge in [0.1, 0.15) is 11.9 Å². The summed E-state index contributed by atoms with van der Waals surface area (Å²) in [4.78, 5) is 0. The summed E-state index contributed by atoms with van der Waals surface area (Å²) < 4.78 is 7.03. The van der Waals surface area contributed by atoms with Gasteiger partial charge in [-0.1, -0.05) is 39.1 Å². The van der Waals surface area contributed by atoms with E-state index < -0.39 is 0 Å². The van der Waals surface area contributed by atoms with Crippen LogP contribution in [0.2, 0.25) is 10.0 Å². The van der Waals surface area contributed by atoms with Gasteiger partial charge < -0.3 is 10.5 Å². The first-order chi connectivity index (χ1) is 9.52. The SMILES string of the molecule is N[C@H]1CC(c2cc(Cl)cc(Cl)c2)Oc2ccc(Br)cc21. The van der Waals surface area contributed by atoms with E-state index >= 15 is 0 Å². The maximum absolute atomic E-state index is 6.25. The van der Waals surface area contributed by atoms with Gasteiger partial charge in [-0.2, -0.15) is 0 Å². The number of nitrogens with two attached hydrogens (primary N) is 1. The van der Waals surface area contributed by atoms with E-state index in [1.165, 1.54) is 0 Å². The van der Waals surface area contributed by atoms with Crippen molar-refractivity contribution in [2.75, 3.05) is 0 Å². The standard InChI is InChI=1S/C15H12BrCl2NO/c16-9-1-2-14-12(5-9)13(19)7-15(20-14)8-3-10(17)6-11(18)4-8/h1-6,13,15H,7,19H2/t13-,15?/m0/s1. The quantitative estimate of drug-likeness (QED) is 0.738. The fraction of sp³-hybridized carbons (Fsp3) is 0.200. The molecular formula is C15H12BrCl2NO. The molecule has 3 rings (SSSR count). The molecule has 5 heteroatoms. The van der Waals surface area contributed by atoms with Crippen molar-refractivity contribution in [3.8, 4) is 5.75 Å². The summed E-state index contributed by atoms with van der Waals surface area (Å²) in [6.07, 6.45) is 0.565. The highest BCUT2D eigenvalue weighted by Crippen LogP contribution is 2.41. The average molecular weight is 373 g/mol. The highest BCUT2D eigenvalue weighted by Gasteiger charge is 2.27. The van der Waals surface area contributed by atoms with Gasteiger partial charge in [0.2, 0.25) is 0 Å². The minimum atomic E-state index is -0.130. The van der Waals surface area contributed by atoms with Crippen molar-refractivity contribution in [1.82, 2.24) is 0 Å². The first-order valence-corrected chi connectivity index (χ1v) is 7.75. The third-order valence-electron chi connectivity index (χ3n) is 3.37. The molecule has 2 atom stereocenters. The fourth-order valence-electron chi connectivity index (χ4n) is 2.44. The first kappa shape index (κ1) is 14.2. The van der Waals surface area contributed by atoms with Crippen LogP contribution >= 0.6 is 39.1 Å². The van der Waals surface area contributed by atoms with Crippen LogP contribution in [-0.4, -0.2) is 0 Å². The Morgan fingerprint density at radius 2 is 1.80 bits per heavy atom. The molecule has 2 aromatic rings. The third-order valence-corrected chi connectivity index (χ3v) is 4.29. The van der Waals surface area contributed by atoms with E-state index in [1.807, 2.05) is 30.3 Å². The summed E-state index contributed by atoms with van der Waals surface area (Å²) in [7, 11) is 0. The van der Waals surface area contributed by atoms with E-state index in [9.17, 15) is 0 Å². The summed E-state index contributed by atoms with van der Waals surface area (Å²) in [5.41, 5.74) is 8.22. The predicted octanol–water partition coefficient (Wildman–Crippen LogP) is 5.28. The molecule has 0 bridgehead atoms. The normalized spacial score (nSPS) is 21.2. The zero-order chi connectivity index (χ0) is 14.3. The molecule has 0 saturated carbocycles. The molecule has 0 spiro atoms. The minimum Gasteiger partial charge on any atom is -0.485 e. The van der Waals surface area contributed by atoms with Gasteiger partial charge in [0.05, 0.1) is 0 Å². The van der Waals surface area contributed by atoms with Crippen LogP contribution in [0.15, 0.2) is 40.9 Å². The van der Waals surface area contributed by atoms with Crippen LogP contribution in [-0.2, 0) is 0 Å². The third kappa shape index (κ3) is 2.82. The lowest BCUT2D eigenvalue weighted by molar-refractivity contribution is 0.161. The highest BCUT2D eigenvalue weighted by atomic mass is 79.9. The van der Waals surface area contributed by atoms with Crippen molar-refractivity contribution in [2.24, 2.45) is 5.73 Å². The molecule has 1 unspecified atom stereocenters. The van der Waals surface area contributed by atoms with E-state index in [0.29, 0.717) is 16.5 Å². The average Bonchev–Trinajstić information content (AvgIpc) is 2.38. The van der Waals surface area contributed by atoms with E-state index in [4.69, 9.17) is 33.7 Å². The number of rotatable bonds is 1. The Morgan fingerprint density at radius 1 is 1.10 bits per heavy atom. The molecule has 0 fully saturated rings. The Hall–Kier alpha value is -0.740. The molecule has 0 radical (unpaired) electrons. The second kappa shape index (κ2) is 5.57. The molecular weight excluding hydrogens is 361 g/mol. The number of ether oxygens (including phenoxy) is 1. The van der Waals surface area contributed by atoms with Crippen molar-refractivity contribution in [2.45, 2.75) is 18.6 Å². The number of fused-ring (bicyclic) bond motifs is 1. The second-order valence-electron chi connectivity index (χ2n) is 4.83. The molecule has 104 valence electrons. The molecule has 0 aromatic heterocycles. The molecule has 1 heterocycles. The molecule has 2 aromatic carbocycles. The van der Waals surface area contributed by atoms with Crippen molar-refractivity contribution in [3.63, 3.8) is 0 Å². The van der Waals surface area contributed by atoms with Crippen molar-refractivity contribution < 1.29 is 4.74 Å². The van der Waals surface area contributed by atoms with Gasteiger partial charge in [-0.25, -0.2) is 0 Å². The zero-order valence-electron chi connectivity index (χ0n) is 10.4. The van der Waals surface area contributed by atoms with Gasteiger partial charge in [0.25, 0.3) is 0 Å². The smallest absolute Gasteiger partial charge is 0.126 e. The monoisotopic (exact) mass is 371 g/mol. The lowest BCUT2D eigenvalue weighted by atomic mass is 9.94. The Balaban J connectivity index is 1.96. The summed E-state index contributed by atoms with van der Waals surface area (Å²) in [5.74, 6) is 0.813. The van der Waals surface area contributed by atoms with Gasteiger partial charge >= 0.3 is 0 Å².